The van der Waals surface area contributed by atoms with Gasteiger partial charge in [-0.3, -0.25) is 4.79 Å². The molecular formula is C15H22BrNO. The summed E-state index contributed by atoms with van der Waals surface area (Å²) in [6.07, 6.45) is 0. The maximum Gasteiger partial charge on any atom is 0.251 e. The number of carbonyl (C=O) groups is 1. The smallest absolute Gasteiger partial charge is 0.251 e. The van der Waals surface area contributed by atoms with E-state index in [9.17, 15) is 4.79 Å². The van der Waals surface area contributed by atoms with Crippen LogP contribution in [0, 0.1) is 26.7 Å². The van der Waals surface area contributed by atoms with Gasteiger partial charge in [0.25, 0.3) is 5.91 Å². The molecule has 0 aliphatic rings. The molecule has 2 nitrogen and oxygen atoms in total. The molecule has 1 aromatic rings. The second kappa shape index (κ2) is 6.37. The number of carbonyl (C=O) groups excluding carboxylic acids is 1. The number of halogens is 1. The van der Waals surface area contributed by atoms with Crippen molar-refractivity contribution in [1.29, 1.82) is 0 Å². The van der Waals surface area contributed by atoms with Crippen LogP contribution in [0.3, 0.4) is 0 Å². The summed E-state index contributed by atoms with van der Waals surface area (Å²) in [6.45, 7) is 11.0. The van der Waals surface area contributed by atoms with E-state index in [1.54, 1.807) is 0 Å². The molecule has 0 spiro atoms. The molecule has 0 heterocycles. The predicted molar refractivity (Wildman–Crippen MR) is 80.5 cm³/mol. The van der Waals surface area contributed by atoms with Crippen LogP contribution in [0.15, 0.2) is 12.1 Å². The van der Waals surface area contributed by atoms with Crippen LogP contribution in [-0.4, -0.2) is 17.3 Å². The van der Waals surface area contributed by atoms with E-state index in [2.05, 4.69) is 54.2 Å². The first-order valence-electron chi connectivity index (χ1n) is 6.33. The summed E-state index contributed by atoms with van der Waals surface area (Å²) in [6, 6.07) is 4.10. The van der Waals surface area contributed by atoms with Gasteiger partial charge in [-0.1, -0.05) is 47.5 Å². The van der Waals surface area contributed by atoms with Gasteiger partial charge in [0.15, 0.2) is 0 Å². The first-order valence-corrected chi connectivity index (χ1v) is 7.24. The van der Waals surface area contributed by atoms with Crippen LogP contribution in [0.4, 0.5) is 0 Å². The van der Waals surface area contributed by atoms with E-state index in [4.69, 9.17) is 0 Å². The monoisotopic (exact) mass is 311 g/mol. The van der Waals surface area contributed by atoms with Crippen molar-refractivity contribution in [3.8, 4) is 0 Å². The molecule has 0 bridgehead atoms. The quantitative estimate of drug-likeness (QED) is 0.843. The summed E-state index contributed by atoms with van der Waals surface area (Å²) in [7, 11) is 0. The summed E-state index contributed by atoms with van der Waals surface area (Å²) < 4.78 is 0. The van der Waals surface area contributed by atoms with Gasteiger partial charge in [-0.2, -0.15) is 0 Å². The van der Waals surface area contributed by atoms with Crippen molar-refractivity contribution in [1.82, 2.24) is 5.32 Å². The lowest BCUT2D eigenvalue weighted by molar-refractivity contribution is 0.0951. The van der Waals surface area contributed by atoms with Crippen molar-refractivity contribution in [2.45, 2.75) is 39.4 Å². The summed E-state index contributed by atoms with van der Waals surface area (Å²) in [5, 5.41) is 3.00. The fraction of sp³-hybridized carbons (Fsp3) is 0.533. The lowest BCUT2D eigenvalue weighted by Gasteiger charge is -2.16. The van der Waals surface area contributed by atoms with Gasteiger partial charge in [0.1, 0.15) is 0 Å². The average Bonchev–Trinajstić information content (AvgIpc) is 2.24. The maximum absolute atomic E-state index is 12.2. The number of hydrogen-bond acceptors (Lipinski definition) is 1. The van der Waals surface area contributed by atoms with Crippen LogP contribution in [0.2, 0.25) is 0 Å². The highest BCUT2D eigenvalue weighted by Crippen LogP contribution is 2.17. The first kappa shape index (κ1) is 15.2. The van der Waals surface area contributed by atoms with Crippen molar-refractivity contribution in [2.75, 3.05) is 6.54 Å². The molecule has 1 rings (SSSR count). The van der Waals surface area contributed by atoms with Crippen molar-refractivity contribution in [3.63, 3.8) is 0 Å². The standard InChI is InChI=1S/C15H22BrNO/c1-9(2)13(16)8-17-15(18)14-11(4)6-10(3)7-12(14)5/h6-7,9,13H,8H2,1-5H3,(H,17,18). The molecule has 1 aromatic carbocycles. The Labute approximate surface area is 118 Å². The molecule has 0 aliphatic heterocycles. The lowest BCUT2D eigenvalue weighted by atomic mass is 9.99. The van der Waals surface area contributed by atoms with E-state index in [1.807, 2.05) is 13.8 Å². The highest BCUT2D eigenvalue weighted by molar-refractivity contribution is 9.09. The van der Waals surface area contributed by atoms with Gasteiger partial charge in [0, 0.05) is 16.9 Å². The van der Waals surface area contributed by atoms with Gasteiger partial charge in [-0.05, 0) is 37.8 Å². The van der Waals surface area contributed by atoms with Gasteiger partial charge in [0.2, 0.25) is 0 Å². The molecule has 1 unspecified atom stereocenters. The van der Waals surface area contributed by atoms with E-state index < -0.39 is 0 Å². The Balaban J connectivity index is 2.79. The van der Waals surface area contributed by atoms with E-state index in [-0.39, 0.29) is 5.91 Å². The van der Waals surface area contributed by atoms with E-state index in [0.717, 1.165) is 16.7 Å². The Hall–Kier alpha value is -0.830. The normalized spacial score (nSPS) is 12.6. The first-order chi connectivity index (χ1) is 8.32. The molecule has 0 saturated carbocycles. The largest absolute Gasteiger partial charge is 0.351 e. The van der Waals surface area contributed by atoms with Crippen LogP contribution in [0.5, 0.6) is 0 Å². The molecular weight excluding hydrogens is 290 g/mol. The summed E-state index contributed by atoms with van der Waals surface area (Å²) in [5.41, 5.74) is 4.09. The Morgan fingerprint density at radius 3 is 2.17 bits per heavy atom. The van der Waals surface area contributed by atoms with E-state index >= 15 is 0 Å². The minimum absolute atomic E-state index is 0.0232. The van der Waals surface area contributed by atoms with Gasteiger partial charge < -0.3 is 5.32 Å². The van der Waals surface area contributed by atoms with Crippen molar-refractivity contribution < 1.29 is 4.79 Å². The lowest BCUT2D eigenvalue weighted by Crippen LogP contribution is -2.32. The number of benzene rings is 1. The van der Waals surface area contributed by atoms with Crippen molar-refractivity contribution in [2.24, 2.45) is 5.92 Å². The molecule has 0 fully saturated rings. The zero-order valence-corrected chi connectivity index (χ0v) is 13.4. The van der Waals surface area contributed by atoms with Crippen molar-refractivity contribution in [3.05, 3.63) is 34.4 Å². The Morgan fingerprint density at radius 2 is 1.72 bits per heavy atom. The van der Waals surface area contributed by atoms with Crippen molar-refractivity contribution >= 4 is 21.8 Å². The fourth-order valence-corrected chi connectivity index (χ4v) is 2.21. The molecule has 0 radical (unpaired) electrons. The molecule has 1 amide bonds. The molecule has 0 aliphatic carbocycles. The SMILES string of the molecule is Cc1cc(C)c(C(=O)NCC(Br)C(C)C)c(C)c1. The number of rotatable bonds is 4. The van der Waals surface area contributed by atoms with Gasteiger partial charge in [-0.15, -0.1) is 0 Å². The second-order valence-electron chi connectivity index (χ2n) is 5.24. The Bertz CT molecular complexity index is 417. The number of hydrogen-bond donors (Lipinski definition) is 1. The molecule has 1 N–H and O–H groups in total. The minimum Gasteiger partial charge on any atom is -0.351 e. The van der Waals surface area contributed by atoms with Crippen LogP contribution in [0.1, 0.15) is 40.9 Å². The van der Waals surface area contributed by atoms with Crippen LogP contribution in [-0.2, 0) is 0 Å². The molecule has 1 atom stereocenters. The number of alkyl halides is 1. The number of nitrogens with one attached hydrogen (secondary N) is 1. The number of aryl methyl sites for hydroxylation is 3. The highest BCUT2D eigenvalue weighted by Gasteiger charge is 2.15. The Morgan fingerprint density at radius 1 is 1.22 bits per heavy atom. The molecule has 0 saturated heterocycles. The van der Waals surface area contributed by atoms with Crippen LogP contribution >= 0.6 is 15.9 Å². The third-order valence-corrected chi connectivity index (χ3v) is 4.47. The molecule has 0 aromatic heterocycles. The van der Waals surface area contributed by atoms with Gasteiger partial charge in [-0.25, -0.2) is 0 Å². The zero-order chi connectivity index (χ0) is 13.9. The van der Waals surface area contributed by atoms with Crippen LogP contribution in [0.25, 0.3) is 0 Å². The third-order valence-electron chi connectivity index (χ3n) is 3.09. The van der Waals surface area contributed by atoms with E-state index in [1.165, 1.54) is 5.56 Å². The topological polar surface area (TPSA) is 29.1 Å². The summed E-state index contributed by atoms with van der Waals surface area (Å²) in [4.78, 5) is 12.5. The minimum atomic E-state index is 0.0232. The molecule has 3 heteroatoms. The Kier molecular flexibility index (Phi) is 5.39. The summed E-state index contributed by atoms with van der Waals surface area (Å²) in [5.74, 6) is 0.528. The van der Waals surface area contributed by atoms with Gasteiger partial charge in [0.05, 0.1) is 0 Å². The maximum atomic E-state index is 12.2. The van der Waals surface area contributed by atoms with Gasteiger partial charge >= 0.3 is 0 Å². The predicted octanol–water partition coefficient (Wildman–Crippen LogP) is 3.76. The zero-order valence-electron chi connectivity index (χ0n) is 11.8. The average molecular weight is 312 g/mol. The fourth-order valence-electron chi connectivity index (χ4n) is 2.05. The number of amides is 1. The van der Waals surface area contributed by atoms with Crippen LogP contribution < -0.4 is 5.32 Å². The third kappa shape index (κ3) is 3.84. The highest BCUT2D eigenvalue weighted by atomic mass is 79.9. The second-order valence-corrected chi connectivity index (χ2v) is 6.42. The summed E-state index contributed by atoms with van der Waals surface area (Å²) >= 11 is 3.58. The molecule has 18 heavy (non-hydrogen) atoms. The van der Waals surface area contributed by atoms with E-state index in [0.29, 0.717) is 17.3 Å². The molecule has 100 valence electrons.